The molecule has 0 spiro atoms. The van der Waals surface area contributed by atoms with E-state index in [1.807, 2.05) is 19.1 Å². The predicted molar refractivity (Wildman–Crippen MR) is 88.7 cm³/mol. The summed E-state index contributed by atoms with van der Waals surface area (Å²) in [6.45, 7) is 1.92. The Morgan fingerprint density at radius 2 is 1.75 bits per heavy atom. The molecule has 0 aliphatic rings. The van der Waals surface area contributed by atoms with Crippen LogP contribution in [0.15, 0.2) is 47.4 Å². The van der Waals surface area contributed by atoms with Crippen LogP contribution in [0.25, 0.3) is 0 Å². The van der Waals surface area contributed by atoms with Crippen LogP contribution in [-0.4, -0.2) is 18.6 Å². The lowest BCUT2D eigenvalue weighted by Crippen LogP contribution is -2.19. The Hall–Kier alpha value is -2.35. The van der Waals surface area contributed by atoms with Crippen molar-refractivity contribution in [2.75, 3.05) is 17.7 Å². The van der Waals surface area contributed by atoms with E-state index < -0.39 is 11.5 Å². The number of ether oxygens (including phenoxy) is 1. The van der Waals surface area contributed by atoms with Gasteiger partial charge in [-0.05, 0) is 49.0 Å². The van der Waals surface area contributed by atoms with Crippen molar-refractivity contribution in [3.8, 4) is 5.75 Å². The maximum Gasteiger partial charge on any atom is 0.446 e. The van der Waals surface area contributed by atoms with Gasteiger partial charge >= 0.3 is 11.5 Å². The van der Waals surface area contributed by atoms with Crippen molar-refractivity contribution in [1.29, 1.82) is 0 Å². The molecule has 8 heteroatoms. The average Bonchev–Trinajstić information content (AvgIpc) is 2.48. The lowest BCUT2D eigenvalue weighted by Gasteiger charge is -2.13. The number of urea groups is 1. The van der Waals surface area contributed by atoms with Crippen molar-refractivity contribution >= 4 is 29.2 Å². The molecule has 0 fully saturated rings. The number of benzene rings is 2. The molecule has 0 saturated heterocycles. The van der Waals surface area contributed by atoms with Crippen molar-refractivity contribution in [2.45, 2.75) is 17.3 Å². The molecule has 2 amide bonds. The highest BCUT2D eigenvalue weighted by Crippen LogP contribution is 2.39. The number of carbonyl (C=O) groups is 1. The largest absolute Gasteiger partial charge is 0.495 e. The van der Waals surface area contributed by atoms with Gasteiger partial charge in [0.1, 0.15) is 5.75 Å². The number of nitrogens with one attached hydrogen (secondary N) is 2. The molecule has 4 nitrogen and oxygen atoms in total. The van der Waals surface area contributed by atoms with E-state index in [0.717, 1.165) is 5.56 Å². The highest BCUT2D eigenvalue weighted by Gasteiger charge is 2.29. The quantitative estimate of drug-likeness (QED) is 0.735. The number of anilines is 2. The van der Waals surface area contributed by atoms with Crippen LogP contribution in [-0.2, 0) is 0 Å². The zero-order chi connectivity index (χ0) is 17.7. The maximum atomic E-state index is 12.5. The second kappa shape index (κ2) is 7.48. The summed E-state index contributed by atoms with van der Waals surface area (Å²) in [7, 11) is 1.37. The molecule has 0 aromatic heterocycles. The number of halogens is 3. The number of hydrogen-bond acceptors (Lipinski definition) is 3. The predicted octanol–water partition coefficient (Wildman–Crippen LogP) is 5.26. The van der Waals surface area contributed by atoms with Crippen molar-refractivity contribution < 1.29 is 22.7 Å². The van der Waals surface area contributed by atoms with E-state index >= 15 is 0 Å². The van der Waals surface area contributed by atoms with Gasteiger partial charge in [0.25, 0.3) is 0 Å². The molecule has 0 heterocycles. The first-order valence-corrected chi connectivity index (χ1v) is 7.67. The molecule has 2 aromatic rings. The fourth-order valence-electron chi connectivity index (χ4n) is 1.90. The Bertz CT molecular complexity index is 718. The summed E-state index contributed by atoms with van der Waals surface area (Å²) >= 11 is -0.260. The summed E-state index contributed by atoms with van der Waals surface area (Å²) in [5.41, 5.74) is -2.65. The van der Waals surface area contributed by atoms with Gasteiger partial charge in [0.15, 0.2) is 0 Å². The SMILES string of the molecule is COc1ccc(SC(F)(F)F)cc1NC(=O)Nc1ccc(C)cc1. The molecule has 0 atom stereocenters. The van der Waals surface area contributed by atoms with Gasteiger partial charge in [0, 0.05) is 10.6 Å². The first-order valence-electron chi connectivity index (χ1n) is 6.85. The van der Waals surface area contributed by atoms with Crippen LogP contribution in [0, 0.1) is 6.92 Å². The van der Waals surface area contributed by atoms with Gasteiger partial charge in [-0.25, -0.2) is 4.79 Å². The maximum absolute atomic E-state index is 12.5. The molecule has 2 aromatic carbocycles. The number of methoxy groups -OCH3 is 1. The Labute approximate surface area is 141 Å². The van der Waals surface area contributed by atoms with Gasteiger partial charge < -0.3 is 15.4 Å². The third-order valence-corrected chi connectivity index (χ3v) is 3.68. The van der Waals surface area contributed by atoms with Gasteiger partial charge in [-0.1, -0.05) is 17.7 Å². The van der Waals surface area contributed by atoms with Gasteiger partial charge in [0.05, 0.1) is 12.8 Å². The van der Waals surface area contributed by atoms with Gasteiger partial charge in [-0.3, -0.25) is 0 Å². The number of amides is 2. The number of alkyl halides is 3. The van der Waals surface area contributed by atoms with E-state index in [9.17, 15) is 18.0 Å². The molecular weight excluding hydrogens is 341 g/mol. The van der Waals surface area contributed by atoms with E-state index in [4.69, 9.17) is 4.74 Å². The van der Waals surface area contributed by atoms with Crippen LogP contribution in [0.1, 0.15) is 5.56 Å². The third kappa shape index (κ3) is 5.38. The Balaban J connectivity index is 2.12. The summed E-state index contributed by atoms with van der Waals surface area (Å²) in [4.78, 5) is 12.0. The summed E-state index contributed by atoms with van der Waals surface area (Å²) in [5.74, 6) is 0.264. The number of carbonyl (C=O) groups excluding carboxylic acids is 1. The minimum atomic E-state index is -4.41. The third-order valence-electron chi connectivity index (χ3n) is 2.96. The van der Waals surface area contributed by atoms with Crippen molar-refractivity contribution in [2.24, 2.45) is 0 Å². The first kappa shape index (κ1) is 18.0. The topological polar surface area (TPSA) is 50.4 Å². The molecule has 0 aliphatic carbocycles. The van der Waals surface area contributed by atoms with Crippen LogP contribution in [0.3, 0.4) is 0 Å². The normalized spacial score (nSPS) is 11.0. The molecule has 2 rings (SSSR count). The second-order valence-electron chi connectivity index (χ2n) is 4.86. The molecule has 0 radical (unpaired) electrons. The fraction of sp³-hybridized carbons (Fsp3) is 0.188. The number of aryl methyl sites for hydroxylation is 1. The van der Waals surface area contributed by atoms with Gasteiger partial charge in [0.2, 0.25) is 0 Å². The van der Waals surface area contributed by atoms with Gasteiger partial charge in [-0.15, -0.1) is 0 Å². The second-order valence-corrected chi connectivity index (χ2v) is 5.99. The first-order chi connectivity index (χ1) is 11.3. The zero-order valence-electron chi connectivity index (χ0n) is 12.9. The molecule has 0 saturated carbocycles. The Morgan fingerprint density at radius 1 is 1.08 bits per heavy atom. The van der Waals surface area contributed by atoms with Crippen LogP contribution in [0.4, 0.5) is 29.3 Å². The average molecular weight is 356 g/mol. The lowest BCUT2D eigenvalue weighted by molar-refractivity contribution is -0.0328. The zero-order valence-corrected chi connectivity index (χ0v) is 13.7. The standard InChI is InChI=1S/C16H15F3N2O2S/c1-10-3-5-11(6-4-10)20-15(22)21-13-9-12(24-16(17,18)19)7-8-14(13)23-2/h3-9H,1-2H3,(H2,20,21,22). The lowest BCUT2D eigenvalue weighted by atomic mass is 10.2. The van der Waals surface area contributed by atoms with Crippen molar-refractivity contribution in [1.82, 2.24) is 0 Å². The number of hydrogen-bond donors (Lipinski definition) is 2. The van der Waals surface area contributed by atoms with Crippen molar-refractivity contribution in [3.63, 3.8) is 0 Å². The van der Waals surface area contributed by atoms with E-state index in [-0.39, 0.29) is 28.1 Å². The highest BCUT2D eigenvalue weighted by atomic mass is 32.2. The molecule has 2 N–H and O–H groups in total. The summed E-state index contributed by atoms with van der Waals surface area (Å²) in [6.07, 6.45) is 0. The van der Waals surface area contributed by atoms with E-state index in [1.165, 1.54) is 25.3 Å². The van der Waals surface area contributed by atoms with Crippen LogP contribution in [0.2, 0.25) is 0 Å². The molecular formula is C16H15F3N2O2S. The number of thioether (sulfide) groups is 1. The molecule has 0 unspecified atom stereocenters. The highest BCUT2D eigenvalue weighted by molar-refractivity contribution is 8.00. The van der Waals surface area contributed by atoms with Crippen LogP contribution < -0.4 is 15.4 Å². The fourth-order valence-corrected chi connectivity index (χ4v) is 2.48. The van der Waals surface area contributed by atoms with Crippen LogP contribution >= 0.6 is 11.8 Å². The molecule has 128 valence electrons. The molecule has 24 heavy (non-hydrogen) atoms. The monoisotopic (exact) mass is 356 g/mol. The van der Waals surface area contributed by atoms with Gasteiger partial charge in [-0.2, -0.15) is 13.2 Å². The minimum absolute atomic E-state index is 0.0473. The van der Waals surface area contributed by atoms with E-state index in [1.54, 1.807) is 12.1 Å². The summed E-state index contributed by atoms with van der Waals surface area (Å²) in [6, 6.07) is 10.4. The Kier molecular flexibility index (Phi) is 5.61. The van der Waals surface area contributed by atoms with Crippen molar-refractivity contribution in [3.05, 3.63) is 48.0 Å². The minimum Gasteiger partial charge on any atom is -0.495 e. The molecule has 0 aliphatic heterocycles. The van der Waals surface area contributed by atoms with E-state index in [2.05, 4.69) is 10.6 Å². The summed E-state index contributed by atoms with van der Waals surface area (Å²) in [5, 5.41) is 5.10. The molecule has 0 bridgehead atoms. The smallest absolute Gasteiger partial charge is 0.446 e. The Morgan fingerprint density at radius 3 is 2.33 bits per heavy atom. The van der Waals surface area contributed by atoms with E-state index in [0.29, 0.717) is 5.69 Å². The van der Waals surface area contributed by atoms with Crippen LogP contribution in [0.5, 0.6) is 5.75 Å². The summed E-state index contributed by atoms with van der Waals surface area (Å²) < 4.78 is 42.5. The number of rotatable bonds is 4.